The average molecular weight is 408 g/mol. The highest BCUT2D eigenvalue weighted by atomic mass is 79.9. The van der Waals surface area contributed by atoms with Crippen LogP contribution in [-0.2, 0) is 4.79 Å². The highest BCUT2D eigenvalue weighted by Gasteiger charge is 2.25. The van der Waals surface area contributed by atoms with E-state index in [1.807, 2.05) is 0 Å². The summed E-state index contributed by atoms with van der Waals surface area (Å²) in [5.41, 5.74) is 4.98. The minimum Gasteiger partial charge on any atom is -0.459 e. The van der Waals surface area contributed by atoms with Crippen molar-refractivity contribution >= 4 is 33.7 Å². The Morgan fingerprint density at radius 3 is 2.24 bits per heavy atom. The van der Waals surface area contributed by atoms with E-state index < -0.39 is 17.9 Å². The number of benzene rings is 1. The summed E-state index contributed by atoms with van der Waals surface area (Å²) in [4.78, 5) is 36.4. The fraction of sp³-hybridized carbons (Fsp3) is 0.235. The number of hydrogen-bond donors (Lipinski definition) is 3. The Balaban J connectivity index is 1.97. The number of halogens is 1. The first-order valence-corrected chi connectivity index (χ1v) is 8.38. The molecule has 2 aromatic rings. The summed E-state index contributed by atoms with van der Waals surface area (Å²) in [5, 5.41) is 2.67. The van der Waals surface area contributed by atoms with Crippen molar-refractivity contribution in [3.05, 3.63) is 58.5 Å². The van der Waals surface area contributed by atoms with E-state index in [0.717, 1.165) is 4.47 Å². The van der Waals surface area contributed by atoms with Crippen LogP contribution < -0.4 is 16.2 Å². The molecule has 3 amide bonds. The molecule has 0 aliphatic rings. The second-order valence-corrected chi connectivity index (χ2v) is 6.54. The first kappa shape index (κ1) is 18.7. The number of furan rings is 1. The van der Waals surface area contributed by atoms with E-state index in [2.05, 4.69) is 32.1 Å². The molecular formula is C17H18BrN3O4. The fourth-order valence-electron chi connectivity index (χ4n) is 2.03. The smallest absolute Gasteiger partial charge is 0.305 e. The van der Waals surface area contributed by atoms with Crippen LogP contribution >= 0.6 is 15.9 Å². The van der Waals surface area contributed by atoms with Gasteiger partial charge in [0.25, 0.3) is 11.8 Å². The topological polar surface area (TPSA) is 100 Å². The van der Waals surface area contributed by atoms with Gasteiger partial charge in [0.2, 0.25) is 0 Å². The number of nitrogens with one attached hydrogen (secondary N) is 3. The third kappa shape index (κ3) is 5.18. The summed E-state index contributed by atoms with van der Waals surface area (Å²) >= 11 is 3.30. The van der Waals surface area contributed by atoms with Crippen LogP contribution in [0.2, 0.25) is 0 Å². The summed E-state index contributed by atoms with van der Waals surface area (Å²) in [6.07, 6.45) is 1.35. The molecule has 8 heteroatoms. The van der Waals surface area contributed by atoms with Gasteiger partial charge in [-0.05, 0) is 42.3 Å². The van der Waals surface area contributed by atoms with Gasteiger partial charge in [-0.1, -0.05) is 29.8 Å². The molecule has 2 rings (SSSR count). The van der Waals surface area contributed by atoms with E-state index in [4.69, 9.17) is 4.42 Å². The van der Waals surface area contributed by atoms with Crippen LogP contribution in [0.5, 0.6) is 0 Å². The summed E-state index contributed by atoms with van der Waals surface area (Å²) in [6, 6.07) is 8.99. The van der Waals surface area contributed by atoms with Gasteiger partial charge in [-0.3, -0.25) is 25.2 Å². The highest BCUT2D eigenvalue weighted by Crippen LogP contribution is 2.11. The molecule has 3 N–H and O–H groups in total. The summed E-state index contributed by atoms with van der Waals surface area (Å²) in [5.74, 6) is -1.60. The average Bonchev–Trinajstić information content (AvgIpc) is 3.12. The summed E-state index contributed by atoms with van der Waals surface area (Å²) < 4.78 is 5.78. The second kappa shape index (κ2) is 8.48. The molecule has 132 valence electrons. The summed E-state index contributed by atoms with van der Waals surface area (Å²) in [6.45, 7) is 3.58. The quantitative estimate of drug-likeness (QED) is 0.661. The second-order valence-electron chi connectivity index (χ2n) is 5.62. The lowest BCUT2D eigenvalue weighted by Crippen LogP contribution is -2.54. The van der Waals surface area contributed by atoms with Crippen LogP contribution in [0.3, 0.4) is 0 Å². The molecule has 0 saturated carbocycles. The molecule has 0 spiro atoms. The van der Waals surface area contributed by atoms with Gasteiger partial charge in [0.15, 0.2) is 5.76 Å². The van der Waals surface area contributed by atoms with Gasteiger partial charge < -0.3 is 9.73 Å². The van der Waals surface area contributed by atoms with Gasteiger partial charge in [0, 0.05) is 10.0 Å². The molecule has 0 aliphatic carbocycles. The van der Waals surface area contributed by atoms with Crippen molar-refractivity contribution in [3.8, 4) is 0 Å². The largest absolute Gasteiger partial charge is 0.459 e. The van der Waals surface area contributed by atoms with E-state index in [1.165, 1.54) is 12.3 Å². The highest BCUT2D eigenvalue weighted by molar-refractivity contribution is 9.10. The van der Waals surface area contributed by atoms with Crippen LogP contribution in [0, 0.1) is 5.92 Å². The number of hydrazine groups is 1. The van der Waals surface area contributed by atoms with Crippen LogP contribution in [0.15, 0.2) is 51.6 Å². The van der Waals surface area contributed by atoms with Crippen LogP contribution in [0.1, 0.15) is 34.8 Å². The van der Waals surface area contributed by atoms with E-state index in [1.54, 1.807) is 44.2 Å². The number of amides is 3. The van der Waals surface area contributed by atoms with Gasteiger partial charge in [-0.15, -0.1) is 0 Å². The van der Waals surface area contributed by atoms with Crippen molar-refractivity contribution in [2.24, 2.45) is 5.92 Å². The van der Waals surface area contributed by atoms with Crippen molar-refractivity contribution in [2.75, 3.05) is 0 Å². The van der Waals surface area contributed by atoms with Crippen molar-refractivity contribution < 1.29 is 18.8 Å². The van der Waals surface area contributed by atoms with E-state index in [0.29, 0.717) is 5.56 Å². The number of rotatable bonds is 5. The Hall–Kier alpha value is -2.61. The van der Waals surface area contributed by atoms with Crippen LogP contribution in [0.4, 0.5) is 0 Å². The predicted octanol–water partition coefficient (Wildman–Crippen LogP) is 2.26. The Bertz CT molecular complexity index is 742. The summed E-state index contributed by atoms with van der Waals surface area (Å²) in [7, 11) is 0. The molecular weight excluding hydrogens is 390 g/mol. The fourth-order valence-corrected chi connectivity index (χ4v) is 2.29. The number of carbonyl (C=O) groups is 3. The Morgan fingerprint density at radius 2 is 1.68 bits per heavy atom. The van der Waals surface area contributed by atoms with Gasteiger partial charge in [-0.2, -0.15) is 0 Å². The van der Waals surface area contributed by atoms with Gasteiger partial charge >= 0.3 is 5.91 Å². The van der Waals surface area contributed by atoms with Crippen molar-refractivity contribution in [2.45, 2.75) is 19.9 Å². The van der Waals surface area contributed by atoms with E-state index >= 15 is 0 Å². The number of carbonyl (C=O) groups excluding carboxylic acids is 3. The molecule has 1 heterocycles. The van der Waals surface area contributed by atoms with E-state index in [9.17, 15) is 14.4 Å². The maximum Gasteiger partial charge on any atom is 0.305 e. The normalized spacial score (nSPS) is 11.7. The number of hydrogen-bond acceptors (Lipinski definition) is 4. The maximum atomic E-state index is 12.3. The van der Waals surface area contributed by atoms with Gasteiger partial charge in [0.1, 0.15) is 6.04 Å². The van der Waals surface area contributed by atoms with Crippen molar-refractivity contribution in [3.63, 3.8) is 0 Å². The Morgan fingerprint density at radius 1 is 1.00 bits per heavy atom. The molecule has 0 aliphatic heterocycles. The Labute approximate surface area is 153 Å². The zero-order chi connectivity index (χ0) is 18.4. The lowest BCUT2D eigenvalue weighted by molar-refractivity contribution is -0.124. The zero-order valence-corrected chi connectivity index (χ0v) is 15.3. The lowest BCUT2D eigenvalue weighted by atomic mass is 10.0. The molecule has 0 bridgehead atoms. The molecule has 0 radical (unpaired) electrons. The third-order valence-corrected chi connectivity index (χ3v) is 3.92. The standard InChI is InChI=1S/C17H18BrN3O4/c1-10(2)14(19-15(22)11-5-7-12(18)8-6-11)17(24)21-20-16(23)13-4-3-9-25-13/h3-10,14H,1-2H3,(H,19,22)(H,20,23)(H,21,24). The SMILES string of the molecule is CC(C)C(NC(=O)c1ccc(Br)cc1)C(=O)NNC(=O)c1ccco1. The third-order valence-electron chi connectivity index (χ3n) is 3.39. The molecule has 1 aromatic heterocycles. The molecule has 0 saturated heterocycles. The Kier molecular flexibility index (Phi) is 6.35. The van der Waals surface area contributed by atoms with E-state index in [-0.39, 0.29) is 17.6 Å². The minimum absolute atomic E-state index is 0.0697. The van der Waals surface area contributed by atoms with Crippen molar-refractivity contribution in [1.29, 1.82) is 0 Å². The monoisotopic (exact) mass is 407 g/mol. The lowest BCUT2D eigenvalue weighted by Gasteiger charge is -2.21. The first-order chi connectivity index (χ1) is 11.9. The molecule has 1 aromatic carbocycles. The maximum absolute atomic E-state index is 12.3. The molecule has 0 fully saturated rings. The predicted molar refractivity (Wildman–Crippen MR) is 94.6 cm³/mol. The van der Waals surface area contributed by atoms with Crippen LogP contribution in [0.25, 0.3) is 0 Å². The first-order valence-electron chi connectivity index (χ1n) is 7.58. The molecule has 1 atom stereocenters. The molecule has 7 nitrogen and oxygen atoms in total. The minimum atomic E-state index is -0.812. The van der Waals surface area contributed by atoms with Crippen molar-refractivity contribution in [1.82, 2.24) is 16.2 Å². The van der Waals surface area contributed by atoms with Crippen LogP contribution in [-0.4, -0.2) is 23.8 Å². The zero-order valence-electron chi connectivity index (χ0n) is 13.7. The molecule has 1 unspecified atom stereocenters. The van der Waals surface area contributed by atoms with Gasteiger partial charge in [0.05, 0.1) is 6.26 Å². The van der Waals surface area contributed by atoms with Gasteiger partial charge in [-0.25, -0.2) is 0 Å². The molecule has 25 heavy (non-hydrogen) atoms.